The predicted octanol–water partition coefficient (Wildman–Crippen LogP) is 4.61. The molecular formula is C19H23ClFNO2. The minimum absolute atomic E-state index is 0.212. The van der Waals surface area contributed by atoms with Gasteiger partial charge < -0.3 is 14.8 Å². The summed E-state index contributed by atoms with van der Waals surface area (Å²) in [5, 5.41) is 4.00. The SMILES string of the molecule is CCOc1cc(Cl)c(CNCCc2ccc(F)cc2)cc1OCC. The van der Waals surface area contributed by atoms with Crippen molar-refractivity contribution in [2.45, 2.75) is 26.8 Å². The zero-order chi connectivity index (χ0) is 17.4. The Bertz CT molecular complexity index is 647. The van der Waals surface area contributed by atoms with Gasteiger partial charge in [0.05, 0.1) is 13.2 Å². The van der Waals surface area contributed by atoms with Gasteiger partial charge in [0.25, 0.3) is 0 Å². The molecule has 0 bridgehead atoms. The first-order valence-corrected chi connectivity index (χ1v) is 8.55. The van der Waals surface area contributed by atoms with Crippen LogP contribution in [0.15, 0.2) is 36.4 Å². The van der Waals surface area contributed by atoms with Gasteiger partial charge in [0.2, 0.25) is 0 Å². The van der Waals surface area contributed by atoms with Crippen LogP contribution < -0.4 is 14.8 Å². The minimum Gasteiger partial charge on any atom is -0.490 e. The first-order chi connectivity index (χ1) is 11.6. The van der Waals surface area contributed by atoms with Gasteiger partial charge in [-0.2, -0.15) is 0 Å². The molecule has 0 heterocycles. The molecule has 0 radical (unpaired) electrons. The second-order valence-corrected chi connectivity index (χ2v) is 5.72. The molecule has 130 valence electrons. The van der Waals surface area contributed by atoms with E-state index in [-0.39, 0.29) is 5.82 Å². The lowest BCUT2D eigenvalue weighted by Gasteiger charge is -2.14. The van der Waals surface area contributed by atoms with Crippen molar-refractivity contribution in [3.8, 4) is 11.5 Å². The molecule has 0 atom stereocenters. The topological polar surface area (TPSA) is 30.5 Å². The van der Waals surface area contributed by atoms with Crippen LogP contribution in [-0.2, 0) is 13.0 Å². The van der Waals surface area contributed by atoms with Crippen molar-refractivity contribution in [1.82, 2.24) is 5.32 Å². The molecule has 0 fully saturated rings. The average Bonchev–Trinajstić information content (AvgIpc) is 2.57. The summed E-state index contributed by atoms with van der Waals surface area (Å²) < 4.78 is 24.1. The Balaban J connectivity index is 1.93. The molecule has 3 nitrogen and oxygen atoms in total. The number of benzene rings is 2. The third-order valence-corrected chi connectivity index (χ3v) is 3.88. The highest BCUT2D eigenvalue weighted by Gasteiger charge is 2.10. The second kappa shape index (κ2) is 9.50. The molecule has 2 rings (SSSR count). The van der Waals surface area contributed by atoms with Gasteiger partial charge in [0.15, 0.2) is 11.5 Å². The van der Waals surface area contributed by atoms with E-state index < -0.39 is 0 Å². The molecule has 24 heavy (non-hydrogen) atoms. The van der Waals surface area contributed by atoms with Gasteiger partial charge in [-0.3, -0.25) is 0 Å². The average molecular weight is 352 g/mol. The molecule has 2 aromatic carbocycles. The van der Waals surface area contributed by atoms with Gasteiger partial charge in [-0.25, -0.2) is 4.39 Å². The summed E-state index contributed by atoms with van der Waals surface area (Å²) in [5.41, 5.74) is 2.05. The highest BCUT2D eigenvalue weighted by Crippen LogP contribution is 2.33. The Morgan fingerprint density at radius 3 is 2.25 bits per heavy atom. The second-order valence-electron chi connectivity index (χ2n) is 5.31. The Morgan fingerprint density at radius 1 is 1.00 bits per heavy atom. The summed E-state index contributed by atoms with van der Waals surface area (Å²) >= 11 is 6.33. The summed E-state index contributed by atoms with van der Waals surface area (Å²) in [6, 6.07) is 10.3. The Hall–Kier alpha value is -1.78. The third-order valence-electron chi connectivity index (χ3n) is 3.53. The van der Waals surface area contributed by atoms with E-state index in [2.05, 4.69) is 5.32 Å². The van der Waals surface area contributed by atoms with Crippen molar-refractivity contribution >= 4 is 11.6 Å². The number of ether oxygens (including phenoxy) is 2. The lowest BCUT2D eigenvalue weighted by molar-refractivity contribution is 0.287. The van der Waals surface area contributed by atoms with Gasteiger partial charge in [0, 0.05) is 17.6 Å². The van der Waals surface area contributed by atoms with Crippen LogP contribution in [0.5, 0.6) is 11.5 Å². The maximum Gasteiger partial charge on any atom is 0.162 e. The molecule has 0 unspecified atom stereocenters. The normalized spacial score (nSPS) is 10.7. The largest absolute Gasteiger partial charge is 0.490 e. The smallest absolute Gasteiger partial charge is 0.162 e. The van der Waals surface area contributed by atoms with E-state index in [1.54, 1.807) is 18.2 Å². The maximum atomic E-state index is 12.9. The molecule has 0 saturated heterocycles. The first kappa shape index (κ1) is 18.6. The van der Waals surface area contributed by atoms with Crippen molar-refractivity contribution in [2.75, 3.05) is 19.8 Å². The highest BCUT2D eigenvalue weighted by molar-refractivity contribution is 6.31. The zero-order valence-corrected chi connectivity index (χ0v) is 14.8. The fourth-order valence-corrected chi connectivity index (χ4v) is 2.58. The van der Waals surface area contributed by atoms with Crippen molar-refractivity contribution in [3.05, 3.63) is 58.4 Å². The number of hydrogen-bond donors (Lipinski definition) is 1. The van der Waals surface area contributed by atoms with E-state index in [4.69, 9.17) is 21.1 Å². The minimum atomic E-state index is -0.212. The Morgan fingerprint density at radius 2 is 1.62 bits per heavy atom. The molecule has 0 aromatic heterocycles. The van der Waals surface area contributed by atoms with Gasteiger partial charge in [-0.1, -0.05) is 23.7 Å². The summed E-state index contributed by atoms with van der Waals surface area (Å²) in [4.78, 5) is 0. The van der Waals surface area contributed by atoms with Crippen LogP contribution >= 0.6 is 11.6 Å². The van der Waals surface area contributed by atoms with Crippen LogP contribution in [0.2, 0.25) is 5.02 Å². The molecule has 1 N–H and O–H groups in total. The zero-order valence-electron chi connectivity index (χ0n) is 14.1. The maximum absolute atomic E-state index is 12.9. The van der Waals surface area contributed by atoms with E-state index >= 15 is 0 Å². The van der Waals surface area contributed by atoms with E-state index in [1.807, 2.05) is 19.9 Å². The molecule has 0 spiro atoms. The van der Waals surface area contributed by atoms with Gasteiger partial charge in [-0.15, -0.1) is 0 Å². The van der Waals surface area contributed by atoms with Gasteiger partial charge in [0.1, 0.15) is 5.82 Å². The van der Waals surface area contributed by atoms with Crippen LogP contribution in [0.1, 0.15) is 25.0 Å². The lowest BCUT2D eigenvalue weighted by Crippen LogP contribution is -2.17. The summed E-state index contributed by atoms with van der Waals surface area (Å²) in [5.74, 6) is 1.16. The molecule has 0 saturated carbocycles. The van der Waals surface area contributed by atoms with Crippen LogP contribution in [-0.4, -0.2) is 19.8 Å². The van der Waals surface area contributed by atoms with Crippen LogP contribution in [0.3, 0.4) is 0 Å². The van der Waals surface area contributed by atoms with Gasteiger partial charge >= 0.3 is 0 Å². The monoisotopic (exact) mass is 351 g/mol. The molecular weight excluding hydrogens is 329 g/mol. The van der Waals surface area contributed by atoms with E-state index in [0.29, 0.717) is 36.3 Å². The van der Waals surface area contributed by atoms with E-state index in [0.717, 1.165) is 24.1 Å². The van der Waals surface area contributed by atoms with E-state index in [9.17, 15) is 4.39 Å². The van der Waals surface area contributed by atoms with Crippen LogP contribution in [0.4, 0.5) is 4.39 Å². The molecule has 5 heteroatoms. The summed E-state index contributed by atoms with van der Waals surface area (Å²) in [6.07, 6.45) is 0.827. The molecule has 0 aliphatic heterocycles. The Kier molecular flexibility index (Phi) is 7.35. The molecule has 0 aliphatic rings. The van der Waals surface area contributed by atoms with Crippen molar-refractivity contribution in [2.24, 2.45) is 0 Å². The third kappa shape index (κ3) is 5.39. The highest BCUT2D eigenvalue weighted by atomic mass is 35.5. The predicted molar refractivity (Wildman–Crippen MR) is 95.6 cm³/mol. The summed E-state index contributed by atoms with van der Waals surface area (Å²) in [7, 11) is 0. The van der Waals surface area contributed by atoms with E-state index in [1.165, 1.54) is 12.1 Å². The van der Waals surface area contributed by atoms with Crippen molar-refractivity contribution in [1.29, 1.82) is 0 Å². The standard InChI is InChI=1S/C19H23ClFNO2/c1-3-23-18-11-15(17(20)12-19(18)24-4-2)13-22-10-9-14-5-7-16(21)8-6-14/h5-8,11-12,22H,3-4,9-10,13H2,1-2H3. The number of rotatable bonds is 9. The van der Waals surface area contributed by atoms with Crippen LogP contribution in [0.25, 0.3) is 0 Å². The fraction of sp³-hybridized carbons (Fsp3) is 0.368. The number of nitrogens with one attached hydrogen (secondary N) is 1. The first-order valence-electron chi connectivity index (χ1n) is 8.17. The van der Waals surface area contributed by atoms with Crippen molar-refractivity contribution in [3.63, 3.8) is 0 Å². The molecule has 0 amide bonds. The number of halogens is 2. The molecule has 0 aliphatic carbocycles. The van der Waals surface area contributed by atoms with Crippen molar-refractivity contribution < 1.29 is 13.9 Å². The van der Waals surface area contributed by atoms with Crippen LogP contribution in [0, 0.1) is 5.82 Å². The molecule has 2 aromatic rings. The van der Waals surface area contributed by atoms with Gasteiger partial charge in [-0.05, 0) is 56.1 Å². The lowest BCUT2D eigenvalue weighted by atomic mass is 10.1. The quantitative estimate of drug-likeness (QED) is 0.669. The fourth-order valence-electron chi connectivity index (χ4n) is 2.36. The Labute approximate surface area is 147 Å². The summed E-state index contributed by atoms with van der Waals surface area (Å²) in [6.45, 7) is 6.40. The number of hydrogen-bond acceptors (Lipinski definition) is 3.